The van der Waals surface area contributed by atoms with Crippen LogP contribution in [0.3, 0.4) is 0 Å². The third kappa shape index (κ3) is 4.07. The van der Waals surface area contributed by atoms with E-state index in [4.69, 9.17) is 0 Å². The number of hydrogen-bond donors (Lipinski definition) is 1. The SMILES string of the molecule is C[C@H](CN1CCN(c2cccnc2)CC1)[C@H]1CCC2C3CC=C4C[C@@H](O)CC[C@]4(C)C3CC[C@@]21C. The summed E-state index contributed by atoms with van der Waals surface area (Å²) in [6, 6.07) is 4.25. The first-order chi connectivity index (χ1) is 16.9. The van der Waals surface area contributed by atoms with Crippen LogP contribution < -0.4 is 4.90 Å². The monoisotopic (exact) mass is 477 g/mol. The summed E-state index contributed by atoms with van der Waals surface area (Å²) in [6.07, 6.45) is 16.5. The number of piperazine rings is 1. The van der Waals surface area contributed by atoms with Gasteiger partial charge in [0.25, 0.3) is 0 Å². The quantitative estimate of drug-likeness (QED) is 0.558. The van der Waals surface area contributed by atoms with Crippen molar-refractivity contribution in [3.8, 4) is 0 Å². The lowest BCUT2D eigenvalue weighted by Gasteiger charge is -2.58. The summed E-state index contributed by atoms with van der Waals surface area (Å²) >= 11 is 0. The number of fused-ring (bicyclic) bond motifs is 5. The van der Waals surface area contributed by atoms with Crippen LogP contribution in [0, 0.1) is 40.4 Å². The van der Waals surface area contributed by atoms with Gasteiger partial charge in [-0.2, -0.15) is 0 Å². The van der Waals surface area contributed by atoms with Crippen molar-refractivity contribution in [2.75, 3.05) is 37.6 Å². The van der Waals surface area contributed by atoms with Crippen LogP contribution in [0.25, 0.3) is 0 Å². The van der Waals surface area contributed by atoms with Gasteiger partial charge < -0.3 is 10.0 Å². The van der Waals surface area contributed by atoms with E-state index in [-0.39, 0.29) is 6.10 Å². The summed E-state index contributed by atoms with van der Waals surface area (Å²) in [5.74, 6) is 4.27. The van der Waals surface area contributed by atoms with E-state index >= 15 is 0 Å². The Bertz CT molecular complexity index is 924. The predicted molar refractivity (Wildman–Crippen MR) is 143 cm³/mol. The molecule has 5 aliphatic rings. The summed E-state index contributed by atoms with van der Waals surface area (Å²) < 4.78 is 0. The number of anilines is 1. The van der Waals surface area contributed by atoms with Gasteiger partial charge in [0, 0.05) is 38.9 Å². The molecule has 0 amide bonds. The van der Waals surface area contributed by atoms with Gasteiger partial charge in [-0.25, -0.2) is 0 Å². The molecule has 3 saturated carbocycles. The molecule has 4 aliphatic carbocycles. The summed E-state index contributed by atoms with van der Waals surface area (Å²) in [5, 5.41) is 10.3. The van der Waals surface area contributed by atoms with Gasteiger partial charge in [-0.15, -0.1) is 0 Å². The number of aromatic nitrogens is 1. The Morgan fingerprint density at radius 3 is 2.66 bits per heavy atom. The minimum absolute atomic E-state index is 0.0948. The van der Waals surface area contributed by atoms with Gasteiger partial charge in [-0.05, 0) is 104 Å². The lowest BCUT2D eigenvalue weighted by Crippen LogP contribution is -2.52. The fourth-order valence-electron chi connectivity index (χ4n) is 9.88. The van der Waals surface area contributed by atoms with Crippen molar-refractivity contribution >= 4 is 5.69 Å². The van der Waals surface area contributed by atoms with Crippen LogP contribution in [0.15, 0.2) is 36.2 Å². The minimum Gasteiger partial charge on any atom is -0.393 e. The molecule has 4 fully saturated rings. The van der Waals surface area contributed by atoms with E-state index in [9.17, 15) is 5.11 Å². The number of pyridine rings is 1. The molecule has 0 aromatic carbocycles. The van der Waals surface area contributed by atoms with Crippen LogP contribution >= 0.6 is 0 Å². The molecule has 0 radical (unpaired) electrons. The molecule has 3 unspecified atom stereocenters. The maximum atomic E-state index is 10.3. The Kier molecular flexibility index (Phi) is 6.28. The topological polar surface area (TPSA) is 39.6 Å². The molecule has 35 heavy (non-hydrogen) atoms. The maximum Gasteiger partial charge on any atom is 0.0577 e. The van der Waals surface area contributed by atoms with Gasteiger partial charge in [0.2, 0.25) is 0 Å². The molecule has 1 aliphatic heterocycles. The second kappa shape index (κ2) is 9.17. The molecule has 1 saturated heterocycles. The fraction of sp³-hybridized carbons (Fsp3) is 0.774. The zero-order chi connectivity index (χ0) is 24.2. The van der Waals surface area contributed by atoms with Crippen LogP contribution in [0.1, 0.15) is 72.1 Å². The Balaban J connectivity index is 1.10. The molecule has 6 rings (SSSR count). The van der Waals surface area contributed by atoms with Crippen LogP contribution in [0.5, 0.6) is 0 Å². The molecule has 192 valence electrons. The number of nitrogens with zero attached hydrogens (tertiary/aromatic N) is 3. The third-order valence-corrected chi connectivity index (χ3v) is 11.8. The normalized spacial score (nSPS) is 42.6. The molecule has 1 aromatic heterocycles. The number of allylic oxidation sites excluding steroid dienone is 1. The van der Waals surface area contributed by atoms with Crippen molar-refractivity contribution in [3.63, 3.8) is 0 Å². The Labute approximate surface area is 213 Å². The van der Waals surface area contributed by atoms with Gasteiger partial charge >= 0.3 is 0 Å². The second-order valence-electron chi connectivity index (χ2n) is 13.4. The van der Waals surface area contributed by atoms with Crippen molar-refractivity contribution in [2.45, 2.75) is 78.2 Å². The van der Waals surface area contributed by atoms with E-state index in [2.05, 4.69) is 53.8 Å². The molecule has 0 spiro atoms. The summed E-state index contributed by atoms with van der Waals surface area (Å²) in [7, 11) is 0. The van der Waals surface area contributed by atoms with Gasteiger partial charge in [0.05, 0.1) is 18.0 Å². The Hall–Kier alpha value is -1.39. The fourth-order valence-corrected chi connectivity index (χ4v) is 9.88. The lowest BCUT2D eigenvalue weighted by atomic mass is 9.47. The first-order valence-electron chi connectivity index (χ1n) is 14.6. The molecular weight excluding hydrogens is 430 g/mol. The molecule has 1 N–H and O–H groups in total. The standard InChI is InChI=1S/C31H47N3O/c1-22(21-33-15-17-34(18-16-33)24-5-4-14-32-20-24)27-8-9-28-26-7-6-23-19-25(35)10-12-30(23,2)29(26)11-13-31(27,28)3/h4-6,14,20,22,25-29,35H,7-13,15-19,21H2,1-3H3/t22-,25+,26?,27-,28?,29?,30+,31-/m1/s1. The van der Waals surface area contributed by atoms with Crippen molar-refractivity contribution < 1.29 is 5.11 Å². The number of aliphatic hydroxyl groups is 1. The largest absolute Gasteiger partial charge is 0.393 e. The highest BCUT2D eigenvalue weighted by Crippen LogP contribution is 2.67. The highest BCUT2D eigenvalue weighted by Gasteiger charge is 2.59. The van der Waals surface area contributed by atoms with E-state index in [1.807, 2.05) is 12.4 Å². The summed E-state index contributed by atoms with van der Waals surface area (Å²) in [5.41, 5.74) is 3.76. The predicted octanol–water partition coefficient (Wildman–Crippen LogP) is 5.78. The van der Waals surface area contributed by atoms with E-state index in [1.165, 1.54) is 63.8 Å². The zero-order valence-corrected chi connectivity index (χ0v) is 22.3. The summed E-state index contributed by atoms with van der Waals surface area (Å²) in [4.78, 5) is 9.55. The molecule has 2 heterocycles. The van der Waals surface area contributed by atoms with E-state index in [1.54, 1.807) is 5.57 Å². The van der Waals surface area contributed by atoms with E-state index in [0.717, 1.165) is 55.5 Å². The first-order valence-corrected chi connectivity index (χ1v) is 14.6. The average Bonchev–Trinajstić information content (AvgIpc) is 3.23. The third-order valence-electron chi connectivity index (χ3n) is 11.8. The number of hydrogen-bond acceptors (Lipinski definition) is 4. The smallest absolute Gasteiger partial charge is 0.0577 e. The molecule has 4 heteroatoms. The maximum absolute atomic E-state index is 10.3. The van der Waals surface area contributed by atoms with E-state index in [0.29, 0.717) is 10.8 Å². The van der Waals surface area contributed by atoms with Gasteiger partial charge in [0.15, 0.2) is 0 Å². The number of aliphatic hydroxyl groups excluding tert-OH is 1. The average molecular weight is 478 g/mol. The molecule has 0 bridgehead atoms. The van der Waals surface area contributed by atoms with Crippen LogP contribution in [-0.2, 0) is 0 Å². The van der Waals surface area contributed by atoms with Crippen molar-refractivity contribution in [1.82, 2.24) is 9.88 Å². The summed E-state index contributed by atoms with van der Waals surface area (Å²) in [6.45, 7) is 13.7. The van der Waals surface area contributed by atoms with E-state index < -0.39 is 0 Å². The minimum atomic E-state index is -0.0948. The lowest BCUT2D eigenvalue weighted by molar-refractivity contribution is -0.0585. The molecule has 1 aromatic rings. The number of rotatable bonds is 4. The van der Waals surface area contributed by atoms with Crippen molar-refractivity contribution in [1.29, 1.82) is 0 Å². The van der Waals surface area contributed by atoms with Crippen molar-refractivity contribution in [3.05, 3.63) is 36.2 Å². The molecule has 8 atom stereocenters. The first kappa shape index (κ1) is 24.0. The second-order valence-corrected chi connectivity index (χ2v) is 13.4. The molecular formula is C31H47N3O. The van der Waals surface area contributed by atoms with Crippen LogP contribution in [0.4, 0.5) is 5.69 Å². The van der Waals surface area contributed by atoms with Gasteiger partial charge in [-0.1, -0.05) is 32.4 Å². The Morgan fingerprint density at radius 1 is 1.06 bits per heavy atom. The zero-order valence-electron chi connectivity index (χ0n) is 22.3. The highest BCUT2D eigenvalue weighted by molar-refractivity contribution is 5.44. The Morgan fingerprint density at radius 2 is 1.89 bits per heavy atom. The van der Waals surface area contributed by atoms with Crippen LogP contribution in [0.2, 0.25) is 0 Å². The highest BCUT2D eigenvalue weighted by atomic mass is 16.3. The van der Waals surface area contributed by atoms with Gasteiger partial charge in [-0.3, -0.25) is 9.88 Å². The van der Waals surface area contributed by atoms with Crippen LogP contribution in [-0.4, -0.2) is 53.8 Å². The molecule has 4 nitrogen and oxygen atoms in total. The van der Waals surface area contributed by atoms with Gasteiger partial charge in [0.1, 0.15) is 0 Å². The van der Waals surface area contributed by atoms with Crippen molar-refractivity contribution in [2.24, 2.45) is 40.4 Å².